The number of ether oxygens (including phenoxy) is 1. The molecule has 0 atom stereocenters. The smallest absolute Gasteiger partial charge is 0.243 e. The van der Waals surface area contributed by atoms with Crippen LogP contribution in [-0.2, 0) is 20.5 Å². The van der Waals surface area contributed by atoms with Gasteiger partial charge in [-0.3, -0.25) is 0 Å². The van der Waals surface area contributed by atoms with Gasteiger partial charge >= 0.3 is 0 Å². The molecule has 6 nitrogen and oxygen atoms in total. The average molecular weight is 418 g/mol. The summed E-state index contributed by atoms with van der Waals surface area (Å²) < 4.78 is 32.4. The highest BCUT2D eigenvalue weighted by molar-refractivity contribution is 7.98. The van der Waals surface area contributed by atoms with Gasteiger partial charge < -0.3 is 4.74 Å². The van der Waals surface area contributed by atoms with Gasteiger partial charge in [-0.15, -0.1) is 11.8 Å². The molecule has 148 valence electrons. The summed E-state index contributed by atoms with van der Waals surface area (Å²) in [6.07, 6.45) is 0. The molecular weight excluding hydrogens is 394 g/mol. The van der Waals surface area contributed by atoms with Crippen molar-refractivity contribution in [1.29, 1.82) is 5.26 Å². The molecule has 2 heterocycles. The van der Waals surface area contributed by atoms with Crippen LogP contribution in [0.3, 0.4) is 0 Å². The van der Waals surface area contributed by atoms with Gasteiger partial charge in [0.15, 0.2) is 0 Å². The molecule has 1 saturated heterocycles. The fraction of sp³-hybridized carbons (Fsp3) is 0.400. The minimum absolute atomic E-state index is 0.289. The van der Waals surface area contributed by atoms with Gasteiger partial charge in [-0.25, -0.2) is 13.4 Å². The van der Waals surface area contributed by atoms with E-state index < -0.39 is 10.0 Å². The molecule has 1 fully saturated rings. The van der Waals surface area contributed by atoms with E-state index in [9.17, 15) is 13.7 Å². The topological polar surface area (TPSA) is 83.3 Å². The molecule has 0 aliphatic carbocycles. The first kappa shape index (κ1) is 20.8. The zero-order chi connectivity index (χ0) is 20.3. The van der Waals surface area contributed by atoms with Crippen molar-refractivity contribution in [1.82, 2.24) is 9.29 Å². The van der Waals surface area contributed by atoms with Crippen LogP contribution in [0.2, 0.25) is 0 Å². The van der Waals surface area contributed by atoms with Gasteiger partial charge in [0.2, 0.25) is 10.0 Å². The lowest BCUT2D eigenvalue weighted by molar-refractivity contribution is 0.0730. The summed E-state index contributed by atoms with van der Waals surface area (Å²) in [4.78, 5) is 4.85. The number of hydrogen-bond acceptors (Lipinski definition) is 6. The highest BCUT2D eigenvalue weighted by Crippen LogP contribution is 2.29. The van der Waals surface area contributed by atoms with Gasteiger partial charge in [-0.05, 0) is 49.6 Å². The van der Waals surface area contributed by atoms with Gasteiger partial charge in [0, 0.05) is 24.5 Å². The first-order chi connectivity index (χ1) is 13.3. The van der Waals surface area contributed by atoms with Crippen molar-refractivity contribution >= 4 is 21.8 Å². The van der Waals surface area contributed by atoms with Gasteiger partial charge in [0.05, 0.1) is 23.7 Å². The largest absolute Gasteiger partial charge is 0.379 e. The Morgan fingerprint density at radius 2 is 1.93 bits per heavy atom. The normalized spacial score (nSPS) is 15.4. The molecule has 1 aliphatic rings. The molecule has 0 unspecified atom stereocenters. The maximum Gasteiger partial charge on any atom is 0.243 e. The van der Waals surface area contributed by atoms with E-state index in [4.69, 9.17) is 4.74 Å². The molecule has 3 rings (SSSR count). The summed E-state index contributed by atoms with van der Waals surface area (Å²) in [5, 5.41) is 10.2. The summed E-state index contributed by atoms with van der Waals surface area (Å²) in [5.41, 5.74) is 4.34. The molecule has 8 heteroatoms. The summed E-state index contributed by atoms with van der Waals surface area (Å²) in [5.74, 6) is 0.538. The molecule has 28 heavy (non-hydrogen) atoms. The van der Waals surface area contributed by atoms with Crippen molar-refractivity contribution in [3.05, 3.63) is 52.2 Å². The molecule has 0 bridgehead atoms. The predicted octanol–water partition coefficient (Wildman–Crippen LogP) is 3.19. The molecule has 0 saturated carbocycles. The van der Waals surface area contributed by atoms with E-state index in [1.165, 1.54) is 16.1 Å². The maximum absolute atomic E-state index is 12.8. The Morgan fingerprint density at radius 1 is 1.21 bits per heavy atom. The zero-order valence-corrected chi connectivity index (χ0v) is 17.9. The summed E-state index contributed by atoms with van der Waals surface area (Å²) in [6, 6.07) is 9.23. The van der Waals surface area contributed by atoms with Gasteiger partial charge in [-0.2, -0.15) is 9.57 Å². The summed E-state index contributed by atoms with van der Waals surface area (Å²) in [7, 11) is -3.52. The standard InChI is InChI=1S/C20H23N3O3S2/c1-14-15(2)19(12-21)20(22-16(14)3)27-13-17-5-4-6-18(11-17)28(24,25)23-7-9-26-10-8-23/h4-6,11H,7-10,13H2,1-3H3. The van der Waals surface area contributed by atoms with E-state index in [-0.39, 0.29) is 4.90 Å². The number of hydrogen-bond donors (Lipinski definition) is 0. The van der Waals surface area contributed by atoms with Crippen LogP contribution in [0.15, 0.2) is 34.2 Å². The lowest BCUT2D eigenvalue weighted by Gasteiger charge is -2.26. The second-order valence-corrected chi connectivity index (χ2v) is 9.59. The van der Waals surface area contributed by atoms with Crippen LogP contribution < -0.4 is 0 Å². The number of aromatic nitrogens is 1. The van der Waals surface area contributed by atoms with Crippen molar-refractivity contribution in [2.24, 2.45) is 0 Å². The number of benzene rings is 1. The van der Waals surface area contributed by atoms with Crippen LogP contribution in [0.1, 0.15) is 27.9 Å². The third-order valence-electron chi connectivity index (χ3n) is 4.96. The first-order valence-corrected chi connectivity index (χ1v) is 11.4. The van der Waals surface area contributed by atoms with Crippen molar-refractivity contribution in [2.75, 3.05) is 26.3 Å². The molecule has 0 N–H and O–H groups in total. The Morgan fingerprint density at radius 3 is 2.61 bits per heavy atom. The number of morpholine rings is 1. The maximum atomic E-state index is 12.8. The summed E-state index contributed by atoms with van der Waals surface area (Å²) >= 11 is 1.45. The van der Waals surface area contributed by atoms with Crippen molar-refractivity contribution in [3.63, 3.8) is 0 Å². The number of nitrogens with zero attached hydrogens (tertiary/aromatic N) is 3. The second kappa shape index (κ2) is 8.62. The molecule has 1 aromatic carbocycles. The fourth-order valence-electron chi connectivity index (χ4n) is 3.03. The Bertz CT molecular complexity index is 1020. The first-order valence-electron chi connectivity index (χ1n) is 9.02. The van der Waals surface area contributed by atoms with Gasteiger partial charge in [0.1, 0.15) is 11.1 Å². The second-order valence-electron chi connectivity index (χ2n) is 6.69. The van der Waals surface area contributed by atoms with E-state index in [2.05, 4.69) is 11.1 Å². The lowest BCUT2D eigenvalue weighted by atomic mass is 10.1. The van der Waals surface area contributed by atoms with E-state index in [1.807, 2.05) is 26.8 Å². The molecule has 0 amide bonds. The van der Waals surface area contributed by atoms with E-state index >= 15 is 0 Å². The number of thioether (sulfide) groups is 1. The Kier molecular flexibility index (Phi) is 6.40. The minimum atomic E-state index is -3.52. The van der Waals surface area contributed by atoms with Gasteiger partial charge in [-0.1, -0.05) is 12.1 Å². The van der Waals surface area contributed by atoms with Crippen LogP contribution in [0, 0.1) is 32.1 Å². The van der Waals surface area contributed by atoms with Crippen molar-refractivity contribution in [2.45, 2.75) is 36.4 Å². The van der Waals surface area contributed by atoms with E-state index in [1.54, 1.807) is 18.2 Å². The van der Waals surface area contributed by atoms with Crippen LogP contribution >= 0.6 is 11.8 Å². The number of pyridine rings is 1. The quantitative estimate of drug-likeness (QED) is 0.695. The molecule has 1 aliphatic heterocycles. The van der Waals surface area contributed by atoms with Crippen LogP contribution in [0.4, 0.5) is 0 Å². The number of rotatable bonds is 5. The monoisotopic (exact) mass is 417 g/mol. The predicted molar refractivity (Wildman–Crippen MR) is 109 cm³/mol. The summed E-state index contributed by atoms with van der Waals surface area (Å²) in [6.45, 7) is 7.42. The third-order valence-corrected chi connectivity index (χ3v) is 7.90. The molecule has 2 aromatic rings. The highest BCUT2D eigenvalue weighted by atomic mass is 32.2. The van der Waals surface area contributed by atoms with Crippen LogP contribution in [0.5, 0.6) is 0 Å². The van der Waals surface area contributed by atoms with E-state index in [0.717, 1.165) is 22.4 Å². The SMILES string of the molecule is Cc1nc(SCc2cccc(S(=O)(=O)N3CCOCC3)c2)c(C#N)c(C)c1C. The number of nitriles is 1. The number of aryl methyl sites for hydroxylation is 1. The Balaban J connectivity index is 1.82. The molecule has 0 radical (unpaired) electrons. The van der Waals surface area contributed by atoms with Crippen molar-refractivity contribution in [3.8, 4) is 6.07 Å². The average Bonchev–Trinajstić information content (AvgIpc) is 2.71. The minimum Gasteiger partial charge on any atom is -0.379 e. The fourth-order valence-corrected chi connectivity index (χ4v) is 5.54. The lowest BCUT2D eigenvalue weighted by Crippen LogP contribution is -2.40. The molecule has 0 spiro atoms. The Labute approximate surface area is 170 Å². The van der Waals surface area contributed by atoms with Crippen LogP contribution in [-0.4, -0.2) is 44.0 Å². The van der Waals surface area contributed by atoms with E-state index in [0.29, 0.717) is 42.6 Å². The highest BCUT2D eigenvalue weighted by Gasteiger charge is 2.26. The third kappa shape index (κ3) is 4.23. The van der Waals surface area contributed by atoms with Crippen LogP contribution in [0.25, 0.3) is 0 Å². The Hall–Kier alpha value is -1.92. The number of sulfonamides is 1. The molecular formula is C20H23N3O3S2. The zero-order valence-electron chi connectivity index (χ0n) is 16.2. The molecule has 1 aromatic heterocycles. The van der Waals surface area contributed by atoms with Gasteiger partial charge in [0.25, 0.3) is 0 Å². The van der Waals surface area contributed by atoms with Crippen molar-refractivity contribution < 1.29 is 13.2 Å².